The number of aromatic nitrogens is 3. The summed E-state index contributed by atoms with van der Waals surface area (Å²) in [7, 11) is 0. The number of fused-ring (bicyclic) bond motifs is 1. The van der Waals surface area contributed by atoms with Gasteiger partial charge in [-0.05, 0) is 25.3 Å². The van der Waals surface area contributed by atoms with E-state index in [2.05, 4.69) is 15.5 Å². The van der Waals surface area contributed by atoms with Crippen LogP contribution < -0.4 is 5.32 Å². The lowest BCUT2D eigenvalue weighted by molar-refractivity contribution is -0.129. The molecule has 2 aromatic rings. The first-order valence-electron chi connectivity index (χ1n) is 9.21. The molecule has 2 unspecified atom stereocenters. The molecular formula is C19H23N5O2. The molecule has 1 N–H and O–H groups in total. The van der Waals surface area contributed by atoms with Gasteiger partial charge >= 0.3 is 0 Å². The lowest BCUT2D eigenvalue weighted by Gasteiger charge is -2.25. The summed E-state index contributed by atoms with van der Waals surface area (Å²) in [5.74, 6) is 0.942. The fourth-order valence-corrected chi connectivity index (χ4v) is 3.81. The number of rotatable bonds is 4. The third-order valence-corrected chi connectivity index (χ3v) is 5.37. The molecular weight excluding hydrogens is 330 g/mol. The van der Waals surface area contributed by atoms with Crippen molar-refractivity contribution in [1.82, 2.24) is 19.7 Å². The zero-order valence-corrected chi connectivity index (χ0v) is 14.9. The average Bonchev–Trinajstić information content (AvgIpc) is 3.26. The highest BCUT2D eigenvalue weighted by molar-refractivity contribution is 5.96. The number of hydrogen-bond acceptors (Lipinski definition) is 4. The first kappa shape index (κ1) is 16.8. The lowest BCUT2D eigenvalue weighted by Crippen LogP contribution is -2.31. The highest BCUT2D eigenvalue weighted by Gasteiger charge is 2.37. The number of nitrogens with zero attached hydrogens (tertiary/aromatic N) is 4. The predicted octanol–water partition coefficient (Wildman–Crippen LogP) is 2.16. The molecule has 3 heterocycles. The van der Waals surface area contributed by atoms with Gasteiger partial charge in [0.25, 0.3) is 0 Å². The normalized spacial score (nSPS) is 20.7. The number of nitrogens with one attached hydrogen (secondary N) is 1. The van der Waals surface area contributed by atoms with Crippen molar-refractivity contribution in [3.8, 4) is 0 Å². The first-order chi connectivity index (χ1) is 12.6. The Morgan fingerprint density at radius 1 is 1.23 bits per heavy atom. The number of carbonyl (C=O) groups excluding carboxylic acids is 2. The number of hydrogen-bond donors (Lipinski definition) is 1. The topological polar surface area (TPSA) is 80.1 Å². The molecule has 2 amide bonds. The molecule has 7 nitrogen and oxygen atoms in total. The molecule has 2 aliphatic rings. The van der Waals surface area contributed by atoms with Crippen molar-refractivity contribution < 1.29 is 9.59 Å². The highest BCUT2D eigenvalue weighted by atomic mass is 16.2. The molecule has 0 radical (unpaired) electrons. The van der Waals surface area contributed by atoms with Gasteiger partial charge in [0.05, 0.1) is 12.0 Å². The summed E-state index contributed by atoms with van der Waals surface area (Å²) in [5, 5.41) is 11.2. The second kappa shape index (κ2) is 6.90. The fraction of sp³-hybridized carbons (Fsp3) is 0.474. The van der Waals surface area contributed by atoms with Crippen molar-refractivity contribution in [2.24, 2.45) is 5.92 Å². The van der Waals surface area contributed by atoms with E-state index in [9.17, 15) is 9.59 Å². The minimum absolute atomic E-state index is 0.0183. The van der Waals surface area contributed by atoms with Crippen LogP contribution in [0, 0.1) is 5.92 Å². The smallest absolute Gasteiger partial charge is 0.232 e. The minimum atomic E-state index is -0.356. The van der Waals surface area contributed by atoms with Crippen molar-refractivity contribution in [1.29, 1.82) is 0 Å². The number of benzene rings is 1. The number of amides is 2. The summed E-state index contributed by atoms with van der Waals surface area (Å²) in [6, 6.07) is 9.86. The second-order valence-corrected chi connectivity index (χ2v) is 7.07. The Morgan fingerprint density at radius 3 is 2.85 bits per heavy atom. The van der Waals surface area contributed by atoms with Gasteiger partial charge in [-0.1, -0.05) is 30.3 Å². The standard InChI is InChI=1S/C19H23N5O2/c1-13(14-7-3-2-4-8-14)24-12-15(11-17(24)25)18(26)20-19-22-21-16-9-5-6-10-23(16)19/h2-4,7-8,13,15H,5-6,9-12H2,1H3,(H,20,22,26). The van der Waals surface area contributed by atoms with E-state index in [1.807, 2.05) is 41.8 Å². The molecule has 7 heteroatoms. The van der Waals surface area contributed by atoms with Crippen LogP contribution in [0.5, 0.6) is 0 Å². The van der Waals surface area contributed by atoms with Crippen LogP contribution in [0.25, 0.3) is 0 Å². The van der Waals surface area contributed by atoms with Crippen LogP contribution in [0.15, 0.2) is 30.3 Å². The molecule has 1 aromatic carbocycles. The summed E-state index contributed by atoms with van der Waals surface area (Å²) >= 11 is 0. The summed E-state index contributed by atoms with van der Waals surface area (Å²) in [4.78, 5) is 26.9. The summed E-state index contributed by atoms with van der Waals surface area (Å²) in [6.07, 6.45) is 3.31. The summed E-state index contributed by atoms with van der Waals surface area (Å²) in [6.45, 7) is 3.27. The molecule has 136 valence electrons. The maximum Gasteiger partial charge on any atom is 0.232 e. The molecule has 0 saturated carbocycles. The van der Waals surface area contributed by atoms with E-state index >= 15 is 0 Å². The van der Waals surface area contributed by atoms with Gasteiger partial charge in [0, 0.05) is 25.9 Å². The molecule has 0 bridgehead atoms. The molecule has 4 rings (SSSR count). The van der Waals surface area contributed by atoms with Crippen molar-refractivity contribution in [2.45, 2.75) is 45.2 Å². The Labute approximate surface area is 152 Å². The average molecular weight is 353 g/mol. The molecule has 0 aliphatic carbocycles. The third kappa shape index (κ3) is 3.09. The van der Waals surface area contributed by atoms with Crippen molar-refractivity contribution in [2.75, 3.05) is 11.9 Å². The minimum Gasteiger partial charge on any atom is -0.335 e. The maximum atomic E-state index is 12.7. The maximum absolute atomic E-state index is 12.7. The Hall–Kier alpha value is -2.70. The van der Waals surface area contributed by atoms with Gasteiger partial charge in [0.15, 0.2) is 0 Å². The number of aryl methyl sites for hydroxylation is 1. The molecule has 1 fully saturated rings. The number of anilines is 1. The van der Waals surface area contributed by atoms with Crippen LogP contribution in [0.1, 0.15) is 43.6 Å². The van der Waals surface area contributed by atoms with Gasteiger partial charge in [0.2, 0.25) is 17.8 Å². The van der Waals surface area contributed by atoms with Gasteiger partial charge in [-0.15, -0.1) is 10.2 Å². The lowest BCUT2D eigenvalue weighted by atomic mass is 10.1. The largest absolute Gasteiger partial charge is 0.335 e. The van der Waals surface area contributed by atoms with E-state index in [0.717, 1.165) is 37.2 Å². The van der Waals surface area contributed by atoms with Crippen molar-refractivity contribution in [3.63, 3.8) is 0 Å². The molecule has 26 heavy (non-hydrogen) atoms. The summed E-state index contributed by atoms with van der Waals surface area (Å²) in [5.41, 5.74) is 1.08. The van der Waals surface area contributed by atoms with Crippen molar-refractivity contribution in [3.05, 3.63) is 41.7 Å². The van der Waals surface area contributed by atoms with Gasteiger partial charge in [-0.25, -0.2) is 0 Å². The molecule has 2 atom stereocenters. The first-order valence-corrected chi connectivity index (χ1v) is 9.21. The molecule has 1 saturated heterocycles. The molecule has 0 spiro atoms. The van der Waals surface area contributed by atoms with Gasteiger partial charge in [-0.3, -0.25) is 19.5 Å². The van der Waals surface area contributed by atoms with Crippen LogP contribution in [-0.4, -0.2) is 38.0 Å². The van der Waals surface area contributed by atoms with Crippen LogP contribution in [0.3, 0.4) is 0 Å². The van der Waals surface area contributed by atoms with Crippen molar-refractivity contribution >= 4 is 17.8 Å². The summed E-state index contributed by atoms with van der Waals surface area (Å²) < 4.78 is 1.97. The van der Waals surface area contributed by atoms with Crippen LogP contribution >= 0.6 is 0 Å². The SMILES string of the molecule is CC(c1ccccc1)N1CC(C(=O)Nc2nnc3n2CCCC3)CC1=O. The Bertz CT molecular complexity index is 817. The third-order valence-electron chi connectivity index (χ3n) is 5.37. The van der Waals surface area contributed by atoms with E-state index in [-0.39, 0.29) is 30.2 Å². The van der Waals surface area contributed by atoms with E-state index < -0.39 is 0 Å². The Morgan fingerprint density at radius 2 is 2.04 bits per heavy atom. The Balaban J connectivity index is 1.43. The van der Waals surface area contributed by atoms with Crippen LogP contribution in [-0.2, 0) is 22.6 Å². The van der Waals surface area contributed by atoms with Crippen LogP contribution in [0.2, 0.25) is 0 Å². The van der Waals surface area contributed by atoms with E-state index in [0.29, 0.717) is 12.5 Å². The molecule has 1 aromatic heterocycles. The fourth-order valence-electron chi connectivity index (χ4n) is 3.81. The van der Waals surface area contributed by atoms with Gasteiger partial charge in [0.1, 0.15) is 5.82 Å². The van der Waals surface area contributed by atoms with E-state index in [1.165, 1.54) is 0 Å². The van der Waals surface area contributed by atoms with Crippen LogP contribution in [0.4, 0.5) is 5.95 Å². The zero-order valence-electron chi connectivity index (χ0n) is 14.9. The van der Waals surface area contributed by atoms with Gasteiger partial charge < -0.3 is 4.90 Å². The highest BCUT2D eigenvalue weighted by Crippen LogP contribution is 2.29. The van der Waals surface area contributed by atoms with E-state index in [4.69, 9.17) is 0 Å². The number of likely N-dealkylation sites (tertiary alicyclic amines) is 1. The molecule has 2 aliphatic heterocycles. The van der Waals surface area contributed by atoms with E-state index in [1.54, 1.807) is 4.90 Å². The second-order valence-electron chi connectivity index (χ2n) is 7.07. The quantitative estimate of drug-likeness (QED) is 0.913. The predicted molar refractivity (Wildman–Crippen MR) is 96.3 cm³/mol. The number of carbonyl (C=O) groups is 2. The zero-order chi connectivity index (χ0) is 18.1. The van der Waals surface area contributed by atoms with Gasteiger partial charge in [-0.2, -0.15) is 0 Å². The monoisotopic (exact) mass is 353 g/mol. The Kier molecular flexibility index (Phi) is 4.44.